The first-order valence-corrected chi connectivity index (χ1v) is 8.29. The predicted octanol–water partition coefficient (Wildman–Crippen LogP) is 3.84. The first-order valence-electron chi connectivity index (χ1n) is 8.29. The fourth-order valence-corrected chi connectivity index (χ4v) is 4.28. The lowest BCUT2D eigenvalue weighted by atomic mass is 9.70. The molecule has 0 radical (unpaired) electrons. The number of nitro benzene ring substituents is 1. The normalized spacial score (nSPS) is 29.0. The summed E-state index contributed by atoms with van der Waals surface area (Å²) in [5.74, 6) is 0.296. The van der Waals surface area contributed by atoms with Crippen molar-refractivity contribution in [1.29, 1.82) is 0 Å². The van der Waals surface area contributed by atoms with Crippen LogP contribution in [0.4, 0.5) is 5.69 Å². The molecule has 6 nitrogen and oxygen atoms in total. The lowest BCUT2D eigenvalue weighted by molar-refractivity contribution is -0.385. The molecule has 0 unspecified atom stereocenters. The summed E-state index contributed by atoms with van der Waals surface area (Å²) < 4.78 is 0. The van der Waals surface area contributed by atoms with E-state index >= 15 is 0 Å². The Bertz CT molecular complexity index is 754. The molecule has 1 N–H and O–H groups in total. The second kappa shape index (κ2) is 5.40. The van der Waals surface area contributed by atoms with Gasteiger partial charge in [-0.15, -0.1) is 0 Å². The number of carbonyl (C=O) groups excluding carboxylic acids is 1. The maximum atomic E-state index is 12.3. The fourth-order valence-electron chi connectivity index (χ4n) is 4.28. The number of benzene rings is 1. The van der Waals surface area contributed by atoms with E-state index in [1.54, 1.807) is 6.92 Å². The molecule has 24 heavy (non-hydrogen) atoms. The summed E-state index contributed by atoms with van der Waals surface area (Å²) in [6.07, 6.45) is 3.26. The molecule has 6 heteroatoms. The minimum Gasteiger partial charge on any atom is -0.267 e. The standard InChI is InChI=1S/C18H23N3O3/c1-11-9-12(5-6-14(11)21(23)24)16(22)20-19-15-10-13-7-8-18(15,4)17(13,2)3/h5-6,9,13H,7-8,10H2,1-4H3,(H,20,22)/b19-15-/t13-,18+/m0/s1. The molecule has 1 amide bonds. The summed E-state index contributed by atoms with van der Waals surface area (Å²) in [4.78, 5) is 22.7. The Balaban J connectivity index is 1.77. The zero-order valence-corrected chi connectivity index (χ0v) is 14.5. The molecular weight excluding hydrogens is 306 g/mol. The molecule has 1 aromatic rings. The van der Waals surface area contributed by atoms with Gasteiger partial charge in [0.05, 0.1) is 4.92 Å². The number of nitrogens with zero attached hydrogens (tertiary/aromatic N) is 2. The molecule has 3 rings (SSSR count). The smallest absolute Gasteiger partial charge is 0.267 e. The van der Waals surface area contributed by atoms with Gasteiger partial charge in [0, 0.05) is 28.3 Å². The van der Waals surface area contributed by atoms with Crippen molar-refractivity contribution < 1.29 is 9.72 Å². The first-order chi connectivity index (χ1) is 11.2. The molecule has 0 saturated heterocycles. The zero-order chi connectivity index (χ0) is 17.7. The number of fused-ring (bicyclic) bond motifs is 2. The van der Waals surface area contributed by atoms with Crippen LogP contribution in [0.25, 0.3) is 0 Å². The van der Waals surface area contributed by atoms with Crippen molar-refractivity contribution in [2.45, 2.75) is 47.0 Å². The molecule has 128 valence electrons. The number of hydrazone groups is 1. The lowest BCUT2D eigenvalue weighted by Gasteiger charge is -2.34. The molecule has 0 spiro atoms. The second-order valence-electron chi connectivity index (χ2n) is 7.75. The maximum Gasteiger partial charge on any atom is 0.272 e. The van der Waals surface area contributed by atoms with E-state index in [0.717, 1.165) is 18.6 Å². The highest BCUT2D eigenvalue weighted by Crippen LogP contribution is 2.63. The number of hydrogen-bond acceptors (Lipinski definition) is 4. The van der Waals surface area contributed by atoms with Gasteiger partial charge in [-0.05, 0) is 49.7 Å². The molecule has 2 fully saturated rings. The second-order valence-corrected chi connectivity index (χ2v) is 7.75. The predicted molar refractivity (Wildman–Crippen MR) is 92.0 cm³/mol. The third-order valence-corrected chi connectivity index (χ3v) is 6.46. The van der Waals surface area contributed by atoms with Crippen LogP contribution in [0.2, 0.25) is 0 Å². The first kappa shape index (κ1) is 16.6. The Morgan fingerprint density at radius 3 is 2.58 bits per heavy atom. The maximum absolute atomic E-state index is 12.3. The van der Waals surface area contributed by atoms with Crippen molar-refractivity contribution >= 4 is 17.3 Å². The summed E-state index contributed by atoms with van der Waals surface area (Å²) in [5, 5.41) is 15.3. The summed E-state index contributed by atoms with van der Waals surface area (Å²) in [5.41, 5.74) is 4.82. The van der Waals surface area contributed by atoms with Crippen LogP contribution >= 0.6 is 0 Å². The number of carbonyl (C=O) groups is 1. The van der Waals surface area contributed by atoms with Crippen molar-refractivity contribution in [3.05, 3.63) is 39.4 Å². The van der Waals surface area contributed by atoms with Gasteiger partial charge in [-0.1, -0.05) is 20.8 Å². The summed E-state index contributed by atoms with van der Waals surface area (Å²) in [6, 6.07) is 4.35. The Labute approximate surface area is 141 Å². The van der Waals surface area contributed by atoms with Crippen LogP contribution in [0.15, 0.2) is 23.3 Å². The average Bonchev–Trinajstić information content (AvgIpc) is 2.85. The Morgan fingerprint density at radius 1 is 1.38 bits per heavy atom. The molecule has 2 aliphatic rings. The highest BCUT2D eigenvalue weighted by molar-refractivity contribution is 5.98. The van der Waals surface area contributed by atoms with E-state index in [0.29, 0.717) is 17.0 Å². The highest BCUT2D eigenvalue weighted by atomic mass is 16.6. The van der Waals surface area contributed by atoms with E-state index in [-0.39, 0.29) is 22.4 Å². The number of amides is 1. The third kappa shape index (κ3) is 2.32. The van der Waals surface area contributed by atoms with Crippen molar-refractivity contribution in [3.63, 3.8) is 0 Å². The number of hydrogen-bond donors (Lipinski definition) is 1. The SMILES string of the molecule is Cc1cc(C(=O)N/N=C2/C[C@@H]3CC[C@@]2(C)C3(C)C)ccc1[N+](=O)[O-]. The molecule has 2 aliphatic carbocycles. The minimum atomic E-state index is -0.449. The molecule has 2 bridgehead atoms. The van der Waals surface area contributed by atoms with Crippen molar-refractivity contribution in [3.8, 4) is 0 Å². The van der Waals surface area contributed by atoms with Gasteiger partial charge < -0.3 is 0 Å². The van der Waals surface area contributed by atoms with Crippen LogP contribution in [0.5, 0.6) is 0 Å². The van der Waals surface area contributed by atoms with Gasteiger partial charge in [0.1, 0.15) is 0 Å². The highest BCUT2D eigenvalue weighted by Gasteiger charge is 2.60. The van der Waals surface area contributed by atoms with E-state index in [1.807, 2.05) is 0 Å². The summed E-state index contributed by atoms with van der Waals surface area (Å²) in [7, 11) is 0. The number of rotatable bonds is 3. The quantitative estimate of drug-likeness (QED) is 0.675. The molecule has 0 heterocycles. The number of nitrogens with one attached hydrogen (secondary N) is 1. The topological polar surface area (TPSA) is 84.6 Å². The monoisotopic (exact) mass is 329 g/mol. The van der Waals surface area contributed by atoms with Crippen LogP contribution < -0.4 is 5.43 Å². The molecule has 2 saturated carbocycles. The van der Waals surface area contributed by atoms with Gasteiger partial charge in [0.2, 0.25) is 0 Å². The van der Waals surface area contributed by atoms with Crippen LogP contribution in [-0.4, -0.2) is 16.5 Å². The molecule has 0 aromatic heterocycles. The zero-order valence-electron chi connectivity index (χ0n) is 14.5. The van der Waals surface area contributed by atoms with Crippen LogP contribution in [0.1, 0.15) is 56.0 Å². The van der Waals surface area contributed by atoms with Gasteiger partial charge in [-0.25, -0.2) is 5.43 Å². The van der Waals surface area contributed by atoms with Gasteiger partial charge in [-0.2, -0.15) is 5.10 Å². The van der Waals surface area contributed by atoms with E-state index < -0.39 is 4.92 Å². The van der Waals surface area contributed by atoms with Gasteiger partial charge >= 0.3 is 0 Å². The van der Waals surface area contributed by atoms with Crippen molar-refractivity contribution in [2.75, 3.05) is 0 Å². The fraction of sp³-hybridized carbons (Fsp3) is 0.556. The van der Waals surface area contributed by atoms with Crippen molar-refractivity contribution in [2.24, 2.45) is 21.8 Å². The largest absolute Gasteiger partial charge is 0.272 e. The van der Waals surface area contributed by atoms with E-state index in [2.05, 4.69) is 31.3 Å². The van der Waals surface area contributed by atoms with E-state index in [1.165, 1.54) is 24.6 Å². The third-order valence-electron chi connectivity index (χ3n) is 6.46. The molecule has 2 atom stereocenters. The van der Waals surface area contributed by atoms with Crippen molar-refractivity contribution in [1.82, 2.24) is 5.43 Å². The van der Waals surface area contributed by atoms with Crippen LogP contribution in [-0.2, 0) is 0 Å². The average molecular weight is 329 g/mol. The summed E-state index contributed by atoms with van der Waals surface area (Å²) >= 11 is 0. The van der Waals surface area contributed by atoms with Gasteiger partial charge in [0.15, 0.2) is 0 Å². The van der Waals surface area contributed by atoms with E-state index in [4.69, 9.17) is 0 Å². The Hall–Kier alpha value is -2.24. The van der Waals surface area contributed by atoms with Gasteiger partial charge in [0.25, 0.3) is 11.6 Å². The number of nitro groups is 1. The summed E-state index contributed by atoms with van der Waals surface area (Å²) in [6.45, 7) is 8.44. The van der Waals surface area contributed by atoms with E-state index in [9.17, 15) is 14.9 Å². The van der Waals surface area contributed by atoms with Crippen LogP contribution in [0, 0.1) is 33.8 Å². The molecular formula is C18H23N3O3. The Morgan fingerprint density at radius 2 is 2.08 bits per heavy atom. The molecule has 1 aromatic carbocycles. The minimum absolute atomic E-state index is 0.0141. The van der Waals surface area contributed by atoms with Gasteiger partial charge in [-0.3, -0.25) is 14.9 Å². The van der Waals surface area contributed by atoms with Crippen LogP contribution in [0.3, 0.4) is 0 Å². The number of aryl methyl sites for hydroxylation is 1. The lowest BCUT2D eigenvalue weighted by Crippen LogP contribution is -2.34. The Kier molecular flexibility index (Phi) is 3.73. The molecule has 0 aliphatic heterocycles.